The molecule has 3 aromatic rings. The molecule has 102 valence electrons. The molecule has 20 heavy (non-hydrogen) atoms. The first kappa shape index (κ1) is 13.0. The Hall–Kier alpha value is -1.98. The SMILES string of the molecule is Cc1cccc(/C=C/c2nc3scc(CCN)n3n2)c1. The highest BCUT2D eigenvalue weighted by molar-refractivity contribution is 7.15. The molecule has 3 rings (SSSR count). The average Bonchev–Trinajstić information content (AvgIpc) is 2.99. The summed E-state index contributed by atoms with van der Waals surface area (Å²) < 4.78 is 1.88. The summed E-state index contributed by atoms with van der Waals surface area (Å²) in [5, 5.41) is 6.57. The molecule has 0 saturated heterocycles. The van der Waals surface area contributed by atoms with Crippen LogP contribution in [0.3, 0.4) is 0 Å². The maximum atomic E-state index is 5.60. The predicted octanol–water partition coefficient (Wildman–Crippen LogP) is 2.77. The molecule has 2 N–H and O–H groups in total. The standard InChI is InChI=1S/C15H16N4S/c1-11-3-2-4-12(9-11)5-6-14-17-15-19(18-14)13(7-8-16)10-20-15/h2-6,9-10H,7-8,16H2,1H3/b6-5+. The van der Waals surface area contributed by atoms with Gasteiger partial charge in [-0.05, 0) is 25.1 Å². The van der Waals surface area contributed by atoms with Gasteiger partial charge in [0.1, 0.15) is 0 Å². The van der Waals surface area contributed by atoms with Crippen LogP contribution in [-0.2, 0) is 6.42 Å². The van der Waals surface area contributed by atoms with Crippen molar-refractivity contribution in [2.45, 2.75) is 13.3 Å². The molecule has 0 bridgehead atoms. The molecule has 0 saturated carbocycles. The number of benzene rings is 1. The second kappa shape index (κ2) is 5.56. The summed E-state index contributed by atoms with van der Waals surface area (Å²) in [6, 6.07) is 8.34. The van der Waals surface area contributed by atoms with E-state index in [9.17, 15) is 0 Å². The van der Waals surface area contributed by atoms with Gasteiger partial charge in [-0.1, -0.05) is 35.9 Å². The van der Waals surface area contributed by atoms with Crippen LogP contribution in [0.4, 0.5) is 0 Å². The number of rotatable bonds is 4. The van der Waals surface area contributed by atoms with Gasteiger partial charge in [0.2, 0.25) is 4.96 Å². The van der Waals surface area contributed by atoms with Crippen molar-refractivity contribution in [2.24, 2.45) is 5.73 Å². The molecule has 2 aromatic heterocycles. The lowest BCUT2D eigenvalue weighted by Crippen LogP contribution is -2.05. The fourth-order valence-electron chi connectivity index (χ4n) is 2.07. The Morgan fingerprint density at radius 2 is 2.25 bits per heavy atom. The van der Waals surface area contributed by atoms with Gasteiger partial charge in [0.05, 0.1) is 5.69 Å². The fraction of sp³-hybridized carbons (Fsp3) is 0.200. The number of nitrogens with zero attached hydrogens (tertiary/aromatic N) is 3. The van der Waals surface area contributed by atoms with E-state index in [1.807, 2.05) is 22.7 Å². The summed E-state index contributed by atoms with van der Waals surface area (Å²) in [5.41, 5.74) is 9.12. The molecule has 2 heterocycles. The molecule has 0 aliphatic heterocycles. The highest BCUT2D eigenvalue weighted by atomic mass is 32.1. The highest BCUT2D eigenvalue weighted by Gasteiger charge is 2.07. The van der Waals surface area contributed by atoms with Crippen LogP contribution in [0.25, 0.3) is 17.1 Å². The lowest BCUT2D eigenvalue weighted by Gasteiger charge is -1.94. The number of hydrogen-bond acceptors (Lipinski definition) is 4. The third-order valence-corrected chi connectivity index (χ3v) is 3.90. The minimum absolute atomic E-state index is 0.625. The quantitative estimate of drug-likeness (QED) is 0.801. The van der Waals surface area contributed by atoms with E-state index in [4.69, 9.17) is 5.73 Å². The topological polar surface area (TPSA) is 56.2 Å². The van der Waals surface area contributed by atoms with E-state index in [2.05, 4.69) is 40.6 Å². The molecular formula is C15H16N4S. The van der Waals surface area contributed by atoms with Gasteiger partial charge < -0.3 is 5.73 Å². The van der Waals surface area contributed by atoms with E-state index in [-0.39, 0.29) is 0 Å². The van der Waals surface area contributed by atoms with Gasteiger partial charge in [0.25, 0.3) is 0 Å². The molecule has 0 aliphatic rings. The Balaban J connectivity index is 1.87. The van der Waals surface area contributed by atoms with Crippen molar-refractivity contribution in [2.75, 3.05) is 6.54 Å². The molecule has 0 aliphatic carbocycles. The van der Waals surface area contributed by atoms with Crippen LogP contribution < -0.4 is 5.73 Å². The number of thiazole rings is 1. The maximum Gasteiger partial charge on any atom is 0.212 e. The van der Waals surface area contributed by atoms with Gasteiger partial charge in [-0.15, -0.1) is 16.4 Å². The molecular weight excluding hydrogens is 268 g/mol. The third-order valence-electron chi connectivity index (χ3n) is 3.03. The largest absolute Gasteiger partial charge is 0.330 e. The van der Waals surface area contributed by atoms with Gasteiger partial charge in [0, 0.05) is 11.8 Å². The number of nitrogens with two attached hydrogens (primary N) is 1. The summed E-state index contributed by atoms with van der Waals surface area (Å²) in [7, 11) is 0. The summed E-state index contributed by atoms with van der Waals surface area (Å²) in [6.07, 6.45) is 4.81. The Morgan fingerprint density at radius 1 is 1.35 bits per heavy atom. The van der Waals surface area contributed by atoms with Crippen molar-refractivity contribution in [1.29, 1.82) is 0 Å². The van der Waals surface area contributed by atoms with Gasteiger partial charge in [-0.25, -0.2) is 4.52 Å². The molecule has 4 nitrogen and oxygen atoms in total. The van der Waals surface area contributed by atoms with Crippen LogP contribution >= 0.6 is 11.3 Å². The van der Waals surface area contributed by atoms with Crippen molar-refractivity contribution in [3.63, 3.8) is 0 Å². The van der Waals surface area contributed by atoms with E-state index in [0.717, 1.165) is 28.5 Å². The number of aromatic nitrogens is 3. The Kier molecular flexibility index (Phi) is 3.62. The maximum absolute atomic E-state index is 5.60. The minimum Gasteiger partial charge on any atom is -0.330 e. The first-order valence-corrected chi connectivity index (χ1v) is 7.42. The average molecular weight is 284 g/mol. The van der Waals surface area contributed by atoms with Gasteiger partial charge in [-0.3, -0.25) is 0 Å². The minimum atomic E-state index is 0.625. The highest BCUT2D eigenvalue weighted by Crippen LogP contribution is 2.16. The Bertz CT molecular complexity index is 754. The van der Waals surface area contributed by atoms with Gasteiger partial charge in [0.15, 0.2) is 5.82 Å². The van der Waals surface area contributed by atoms with E-state index in [1.165, 1.54) is 5.56 Å². The molecule has 0 fully saturated rings. The smallest absolute Gasteiger partial charge is 0.212 e. The van der Waals surface area contributed by atoms with Crippen LogP contribution in [0.1, 0.15) is 22.6 Å². The number of hydrogen-bond donors (Lipinski definition) is 1. The first-order valence-electron chi connectivity index (χ1n) is 6.54. The van der Waals surface area contributed by atoms with Crippen molar-refractivity contribution < 1.29 is 0 Å². The first-order chi connectivity index (χ1) is 9.76. The van der Waals surface area contributed by atoms with Crippen molar-refractivity contribution >= 4 is 28.4 Å². The summed E-state index contributed by atoms with van der Waals surface area (Å²) in [4.78, 5) is 5.41. The van der Waals surface area contributed by atoms with Crippen molar-refractivity contribution in [3.8, 4) is 0 Å². The second-order valence-electron chi connectivity index (χ2n) is 4.68. The third kappa shape index (κ3) is 2.64. The molecule has 1 aromatic carbocycles. The van der Waals surface area contributed by atoms with E-state index in [0.29, 0.717) is 6.54 Å². The molecule has 0 amide bonds. The van der Waals surface area contributed by atoms with Crippen molar-refractivity contribution in [3.05, 3.63) is 52.3 Å². The summed E-state index contributed by atoms with van der Waals surface area (Å²) >= 11 is 1.60. The van der Waals surface area contributed by atoms with Crippen LogP contribution in [0, 0.1) is 6.92 Å². The van der Waals surface area contributed by atoms with E-state index < -0.39 is 0 Å². The normalized spacial score (nSPS) is 11.7. The Morgan fingerprint density at radius 3 is 3.05 bits per heavy atom. The van der Waals surface area contributed by atoms with Gasteiger partial charge >= 0.3 is 0 Å². The number of aryl methyl sites for hydroxylation is 1. The fourth-order valence-corrected chi connectivity index (χ4v) is 2.94. The monoisotopic (exact) mass is 284 g/mol. The Labute approximate surface area is 121 Å². The van der Waals surface area contributed by atoms with Crippen LogP contribution in [0.5, 0.6) is 0 Å². The summed E-state index contributed by atoms with van der Waals surface area (Å²) in [6.45, 7) is 2.71. The predicted molar refractivity (Wildman–Crippen MR) is 83.7 cm³/mol. The van der Waals surface area contributed by atoms with Crippen LogP contribution in [-0.4, -0.2) is 21.1 Å². The molecule has 0 atom stereocenters. The molecule has 0 spiro atoms. The molecule has 0 radical (unpaired) electrons. The zero-order valence-electron chi connectivity index (χ0n) is 11.3. The second-order valence-corrected chi connectivity index (χ2v) is 5.51. The van der Waals surface area contributed by atoms with Crippen molar-refractivity contribution in [1.82, 2.24) is 14.6 Å². The van der Waals surface area contributed by atoms with Gasteiger partial charge in [-0.2, -0.15) is 4.98 Å². The van der Waals surface area contributed by atoms with E-state index >= 15 is 0 Å². The lowest BCUT2D eigenvalue weighted by atomic mass is 10.1. The van der Waals surface area contributed by atoms with Crippen LogP contribution in [0.15, 0.2) is 29.6 Å². The summed E-state index contributed by atoms with van der Waals surface area (Å²) in [5.74, 6) is 0.733. The van der Waals surface area contributed by atoms with E-state index in [1.54, 1.807) is 11.3 Å². The zero-order chi connectivity index (χ0) is 13.9. The number of fused-ring (bicyclic) bond motifs is 1. The zero-order valence-corrected chi connectivity index (χ0v) is 12.1. The molecule has 5 heteroatoms. The lowest BCUT2D eigenvalue weighted by molar-refractivity contribution is 0.839. The molecule has 0 unspecified atom stereocenters. The van der Waals surface area contributed by atoms with Crippen LogP contribution in [0.2, 0.25) is 0 Å².